The molecule has 1 aliphatic rings. The van der Waals surface area contributed by atoms with Crippen LogP contribution in [0.1, 0.15) is 52.4 Å². The molecular formula is C13H27NO. The van der Waals surface area contributed by atoms with Gasteiger partial charge in [-0.25, -0.2) is 0 Å². The first-order valence-corrected chi connectivity index (χ1v) is 6.58. The van der Waals surface area contributed by atoms with Gasteiger partial charge in [0.05, 0.1) is 0 Å². The molecule has 90 valence electrons. The maximum absolute atomic E-state index is 9.10. The molecule has 2 nitrogen and oxygen atoms in total. The summed E-state index contributed by atoms with van der Waals surface area (Å²) in [5.74, 6) is 1.55. The van der Waals surface area contributed by atoms with Gasteiger partial charge < -0.3 is 10.4 Å². The van der Waals surface area contributed by atoms with Gasteiger partial charge in [-0.05, 0) is 24.8 Å². The summed E-state index contributed by atoms with van der Waals surface area (Å²) >= 11 is 0. The van der Waals surface area contributed by atoms with Crippen molar-refractivity contribution < 1.29 is 5.11 Å². The van der Waals surface area contributed by atoms with Crippen molar-refractivity contribution in [3.63, 3.8) is 0 Å². The van der Waals surface area contributed by atoms with Crippen molar-refractivity contribution in [2.45, 2.75) is 58.4 Å². The molecule has 0 amide bonds. The minimum absolute atomic E-state index is 0.348. The van der Waals surface area contributed by atoms with Gasteiger partial charge in [0.25, 0.3) is 0 Å². The topological polar surface area (TPSA) is 32.3 Å². The van der Waals surface area contributed by atoms with Gasteiger partial charge in [-0.2, -0.15) is 0 Å². The van der Waals surface area contributed by atoms with Crippen LogP contribution in [0.4, 0.5) is 0 Å². The number of hydrogen-bond acceptors (Lipinski definition) is 2. The van der Waals surface area contributed by atoms with Crippen molar-refractivity contribution in [3.8, 4) is 0 Å². The normalized spacial score (nSPS) is 20.8. The molecule has 0 aliphatic heterocycles. The van der Waals surface area contributed by atoms with E-state index >= 15 is 0 Å². The molecule has 2 N–H and O–H groups in total. The quantitative estimate of drug-likeness (QED) is 0.711. The third-order valence-electron chi connectivity index (χ3n) is 3.60. The van der Waals surface area contributed by atoms with Gasteiger partial charge in [0.15, 0.2) is 0 Å². The highest BCUT2D eigenvalue weighted by molar-refractivity contribution is 4.76. The fraction of sp³-hybridized carbons (Fsp3) is 1.00. The van der Waals surface area contributed by atoms with E-state index in [1.165, 1.54) is 32.1 Å². The average molecular weight is 213 g/mol. The Morgan fingerprint density at radius 3 is 2.40 bits per heavy atom. The van der Waals surface area contributed by atoms with Crippen LogP contribution >= 0.6 is 0 Å². The van der Waals surface area contributed by atoms with Crippen LogP contribution in [-0.2, 0) is 0 Å². The number of aliphatic hydroxyl groups excluding tert-OH is 1. The standard InChI is InChI=1S/C13H27NO/c1-11(2)14-10-13(8-9-15)12-6-4-3-5-7-12/h11-15H,3-10H2,1-2H3. The van der Waals surface area contributed by atoms with Crippen LogP contribution in [0, 0.1) is 11.8 Å². The van der Waals surface area contributed by atoms with E-state index in [0.29, 0.717) is 18.6 Å². The first-order valence-electron chi connectivity index (χ1n) is 6.58. The van der Waals surface area contributed by atoms with Crippen LogP contribution in [0.5, 0.6) is 0 Å². The summed E-state index contributed by atoms with van der Waals surface area (Å²) in [6.07, 6.45) is 7.95. The lowest BCUT2D eigenvalue weighted by molar-refractivity contribution is 0.181. The van der Waals surface area contributed by atoms with Crippen LogP contribution < -0.4 is 5.32 Å². The molecule has 0 spiro atoms. The molecule has 1 aliphatic carbocycles. The third-order valence-corrected chi connectivity index (χ3v) is 3.60. The Balaban J connectivity index is 2.33. The second-order valence-corrected chi connectivity index (χ2v) is 5.23. The number of rotatable bonds is 6. The minimum Gasteiger partial charge on any atom is -0.396 e. The molecule has 0 aromatic carbocycles. The van der Waals surface area contributed by atoms with Crippen LogP contribution in [0.2, 0.25) is 0 Å². The molecule has 1 atom stereocenters. The monoisotopic (exact) mass is 213 g/mol. The first kappa shape index (κ1) is 13.0. The Hall–Kier alpha value is -0.0800. The highest BCUT2D eigenvalue weighted by Crippen LogP contribution is 2.31. The molecule has 1 fully saturated rings. The van der Waals surface area contributed by atoms with E-state index in [-0.39, 0.29) is 0 Å². The fourth-order valence-corrected chi connectivity index (χ4v) is 2.66. The van der Waals surface area contributed by atoms with Gasteiger partial charge in [0.2, 0.25) is 0 Å². The minimum atomic E-state index is 0.348. The SMILES string of the molecule is CC(C)NCC(CCO)C1CCCCC1. The van der Waals surface area contributed by atoms with Gasteiger partial charge in [-0.3, -0.25) is 0 Å². The van der Waals surface area contributed by atoms with Crippen molar-refractivity contribution in [2.75, 3.05) is 13.2 Å². The highest BCUT2D eigenvalue weighted by Gasteiger charge is 2.22. The lowest BCUT2D eigenvalue weighted by Gasteiger charge is -2.30. The number of hydrogen-bond donors (Lipinski definition) is 2. The second kappa shape index (κ2) is 7.24. The predicted molar refractivity (Wildman–Crippen MR) is 64.9 cm³/mol. The maximum Gasteiger partial charge on any atom is 0.0434 e. The van der Waals surface area contributed by atoms with Crippen molar-refractivity contribution in [2.24, 2.45) is 11.8 Å². The zero-order valence-corrected chi connectivity index (χ0v) is 10.3. The van der Waals surface area contributed by atoms with Crippen LogP contribution in [0.3, 0.4) is 0 Å². The van der Waals surface area contributed by atoms with E-state index in [1.54, 1.807) is 0 Å². The lowest BCUT2D eigenvalue weighted by Crippen LogP contribution is -2.33. The smallest absolute Gasteiger partial charge is 0.0434 e. The summed E-state index contributed by atoms with van der Waals surface area (Å²) < 4.78 is 0. The Kier molecular flexibility index (Phi) is 6.26. The van der Waals surface area contributed by atoms with Gasteiger partial charge in [-0.1, -0.05) is 46.0 Å². The summed E-state index contributed by atoms with van der Waals surface area (Å²) in [6, 6.07) is 0.565. The second-order valence-electron chi connectivity index (χ2n) is 5.23. The molecule has 0 aromatic heterocycles. The average Bonchev–Trinajstić information content (AvgIpc) is 2.25. The fourth-order valence-electron chi connectivity index (χ4n) is 2.66. The van der Waals surface area contributed by atoms with Gasteiger partial charge in [0, 0.05) is 12.6 Å². The van der Waals surface area contributed by atoms with E-state index < -0.39 is 0 Å². The molecule has 0 heterocycles. The van der Waals surface area contributed by atoms with Gasteiger partial charge in [-0.15, -0.1) is 0 Å². The third kappa shape index (κ3) is 4.98. The summed E-state index contributed by atoms with van der Waals surface area (Å²) in [5.41, 5.74) is 0. The molecule has 0 saturated heterocycles. The Labute approximate surface area is 94.5 Å². The molecule has 1 unspecified atom stereocenters. The summed E-state index contributed by atoms with van der Waals surface area (Å²) in [7, 11) is 0. The van der Waals surface area contributed by atoms with E-state index in [2.05, 4.69) is 19.2 Å². The summed E-state index contributed by atoms with van der Waals surface area (Å²) in [4.78, 5) is 0. The van der Waals surface area contributed by atoms with E-state index in [1.807, 2.05) is 0 Å². The van der Waals surface area contributed by atoms with Crippen LogP contribution in [-0.4, -0.2) is 24.3 Å². The zero-order chi connectivity index (χ0) is 11.1. The lowest BCUT2D eigenvalue weighted by atomic mass is 9.78. The summed E-state index contributed by atoms with van der Waals surface area (Å²) in [6.45, 7) is 5.82. The van der Waals surface area contributed by atoms with Crippen LogP contribution in [0.15, 0.2) is 0 Å². The number of aliphatic hydroxyl groups is 1. The van der Waals surface area contributed by atoms with E-state index in [9.17, 15) is 0 Å². The highest BCUT2D eigenvalue weighted by atomic mass is 16.3. The van der Waals surface area contributed by atoms with Gasteiger partial charge >= 0.3 is 0 Å². The van der Waals surface area contributed by atoms with Crippen molar-refractivity contribution in [3.05, 3.63) is 0 Å². The Morgan fingerprint density at radius 1 is 1.20 bits per heavy atom. The molecule has 1 saturated carbocycles. The maximum atomic E-state index is 9.10. The van der Waals surface area contributed by atoms with Crippen molar-refractivity contribution in [1.29, 1.82) is 0 Å². The predicted octanol–water partition coefficient (Wildman–Crippen LogP) is 2.56. The molecule has 0 bridgehead atoms. The Morgan fingerprint density at radius 2 is 1.87 bits per heavy atom. The number of nitrogens with one attached hydrogen (secondary N) is 1. The van der Waals surface area contributed by atoms with Crippen molar-refractivity contribution in [1.82, 2.24) is 5.32 Å². The Bertz CT molecular complexity index is 153. The largest absolute Gasteiger partial charge is 0.396 e. The molecule has 0 radical (unpaired) electrons. The van der Waals surface area contributed by atoms with E-state index in [0.717, 1.165) is 18.9 Å². The molecule has 2 heteroatoms. The van der Waals surface area contributed by atoms with Crippen molar-refractivity contribution >= 4 is 0 Å². The zero-order valence-electron chi connectivity index (χ0n) is 10.3. The molecule has 15 heavy (non-hydrogen) atoms. The molecule has 1 rings (SSSR count). The van der Waals surface area contributed by atoms with Gasteiger partial charge in [0.1, 0.15) is 0 Å². The van der Waals surface area contributed by atoms with Crippen LogP contribution in [0.25, 0.3) is 0 Å². The molecular weight excluding hydrogens is 186 g/mol. The summed E-state index contributed by atoms with van der Waals surface area (Å²) in [5, 5.41) is 12.6. The first-order chi connectivity index (χ1) is 7.24. The molecule has 0 aromatic rings. The van der Waals surface area contributed by atoms with E-state index in [4.69, 9.17) is 5.11 Å².